The first kappa shape index (κ1) is 24.2. The third-order valence-corrected chi connectivity index (χ3v) is 7.70. The molecule has 2 aromatic rings. The third kappa shape index (κ3) is 5.34. The molecule has 2 heterocycles. The molecule has 0 bridgehead atoms. The van der Waals surface area contributed by atoms with Gasteiger partial charge in [-0.05, 0) is 67.3 Å². The number of carbonyl (C=O) groups is 1. The molecule has 2 fully saturated rings. The van der Waals surface area contributed by atoms with Crippen LogP contribution >= 0.6 is 31.9 Å². The van der Waals surface area contributed by atoms with Gasteiger partial charge in [-0.2, -0.15) is 0 Å². The largest absolute Gasteiger partial charge is 0.491 e. The number of hydrogen-bond donors (Lipinski definition) is 0. The molecule has 0 N–H and O–H groups in total. The minimum Gasteiger partial charge on any atom is -0.491 e. The van der Waals surface area contributed by atoms with E-state index < -0.39 is 0 Å². The van der Waals surface area contributed by atoms with Crippen molar-refractivity contribution in [2.24, 2.45) is 0 Å². The van der Waals surface area contributed by atoms with Crippen LogP contribution in [0.2, 0.25) is 0 Å². The Bertz CT molecular complexity index is 971. The van der Waals surface area contributed by atoms with Crippen LogP contribution in [0.25, 0.3) is 11.1 Å². The van der Waals surface area contributed by atoms with E-state index in [1.807, 2.05) is 24.3 Å². The highest BCUT2D eigenvalue weighted by molar-refractivity contribution is 9.11. The van der Waals surface area contributed by atoms with E-state index in [9.17, 15) is 4.79 Å². The zero-order valence-electron chi connectivity index (χ0n) is 19.0. The lowest BCUT2D eigenvalue weighted by molar-refractivity contribution is 0.0321. The summed E-state index contributed by atoms with van der Waals surface area (Å²) in [4.78, 5) is 17.9. The molecule has 7 nitrogen and oxygen atoms in total. The molecule has 0 aromatic heterocycles. The van der Waals surface area contributed by atoms with E-state index in [0.717, 1.165) is 85.8 Å². The van der Waals surface area contributed by atoms with Gasteiger partial charge in [0.15, 0.2) is 5.78 Å². The van der Waals surface area contributed by atoms with Crippen molar-refractivity contribution in [3.05, 3.63) is 44.3 Å². The van der Waals surface area contributed by atoms with Crippen molar-refractivity contribution in [2.75, 3.05) is 78.9 Å². The average molecular weight is 596 g/mol. The van der Waals surface area contributed by atoms with Crippen LogP contribution < -0.4 is 9.47 Å². The van der Waals surface area contributed by atoms with Crippen molar-refractivity contribution in [2.45, 2.75) is 0 Å². The number of carbonyl (C=O) groups excluding carboxylic acids is 1. The summed E-state index contributed by atoms with van der Waals surface area (Å²) >= 11 is 7.27. The second-order valence-corrected chi connectivity index (χ2v) is 10.3. The molecule has 2 saturated heterocycles. The van der Waals surface area contributed by atoms with E-state index in [1.54, 1.807) is 0 Å². The molecular formula is C25H28Br2N2O5. The van der Waals surface area contributed by atoms with Crippen LogP contribution in [-0.4, -0.2) is 94.5 Å². The lowest BCUT2D eigenvalue weighted by atomic mass is 10.1. The Hall–Kier alpha value is -1.49. The van der Waals surface area contributed by atoms with Crippen LogP contribution in [0.3, 0.4) is 0 Å². The Labute approximate surface area is 216 Å². The number of rotatable bonds is 8. The van der Waals surface area contributed by atoms with Crippen molar-refractivity contribution < 1.29 is 23.7 Å². The Kier molecular flexibility index (Phi) is 7.87. The van der Waals surface area contributed by atoms with Gasteiger partial charge < -0.3 is 18.9 Å². The van der Waals surface area contributed by atoms with Crippen LogP contribution in [0.4, 0.5) is 0 Å². The molecule has 2 aliphatic heterocycles. The van der Waals surface area contributed by atoms with Gasteiger partial charge in [-0.1, -0.05) is 0 Å². The fourth-order valence-electron chi connectivity index (χ4n) is 4.51. The van der Waals surface area contributed by atoms with Crippen molar-refractivity contribution >= 4 is 37.6 Å². The first-order chi connectivity index (χ1) is 16.6. The standard InChI is InChI=1S/C25H28Br2N2O5/c26-21-13-17-18-14-22(27)24(34-12-6-29-3-9-32-10-4-29)16-20(18)25(30)19(17)15-23(21)33-11-5-28-1-7-31-8-2-28/h13-16H,1-12H2. The lowest BCUT2D eigenvalue weighted by Crippen LogP contribution is -2.38. The minimum atomic E-state index is 0.000980. The molecule has 0 saturated carbocycles. The topological polar surface area (TPSA) is 60.5 Å². The zero-order valence-corrected chi connectivity index (χ0v) is 22.2. The van der Waals surface area contributed by atoms with Crippen LogP contribution in [0.15, 0.2) is 33.2 Å². The molecule has 9 heteroatoms. The average Bonchev–Trinajstić information content (AvgIpc) is 3.10. The smallest absolute Gasteiger partial charge is 0.194 e. The van der Waals surface area contributed by atoms with Crippen molar-refractivity contribution in [3.63, 3.8) is 0 Å². The summed E-state index contributed by atoms with van der Waals surface area (Å²) in [6.45, 7) is 9.56. The molecule has 0 spiro atoms. The first-order valence-corrected chi connectivity index (χ1v) is 13.3. The van der Waals surface area contributed by atoms with Gasteiger partial charge in [-0.25, -0.2) is 0 Å². The van der Waals surface area contributed by atoms with Gasteiger partial charge in [0.2, 0.25) is 0 Å². The maximum absolute atomic E-state index is 13.3. The number of halogens is 2. The Morgan fingerprint density at radius 2 is 1.09 bits per heavy atom. The summed E-state index contributed by atoms with van der Waals surface area (Å²) in [7, 11) is 0. The van der Waals surface area contributed by atoms with Gasteiger partial charge in [0.1, 0.15) is 24.7 Å². The molecule has 182 valence electrons. The number of fused-ring (bicyclic) bond motifs is 3. The van der Waals surface area contributed by atoms with Crippen LogP contribution in [0, 0.1) is 0 Å². The van der Waals surface area contributed by atoms with E-state index in [1.165, 1.54) is 0 Å². The highest BCUT2D eigenvalue weighted by Crippen LogP contribution is 2.45. The number of hydrogen-bond acceptors (Lipinski definition) is 7. The van der Waals surface area contributed by atoms with Crippen LogP contribution in [0.1, 0.15) is 15.9 Å². The van der Waals surface area contributed by atoms with Crippen molar-refractivity contribution in [1.82, 2.24) is 9.80 Å². The zero-order chi connectivity index (χ0) is 23.5. The number of morpholine rings is 2. The van der Waals surface area contributed by atoms with Crippen molar-refractivity contribution in [3.8, 4) is 22.6 Å². The highest BCUT2D eigenvalue weighted by Gasteiger charge is 2.30. The molecular weight excluding hydrogens is 568 g/mol. The van der Waals surface area contributed by atoms with E-state index >= 15 is 0 Å². The first-order valence-electron chi connectivity index (χ1n) is 11.7. The quantitative estimate of drug-likeness (QED) is 0.392. The van der Waals surface area contributed by atoms with Crippen molar-refractivity contribution in [1.29, 1.82) is 0 Å². The van der Waals surface area contributed by atoms with Gasteiger partial charge in [0, 0.05) is 50.4 Å². The van der Waals surface area contributed by atoms with E-state index in [4.69, 9.17) is 18.9 Å². The summed E-state index contributed by atoms with van der Waals surface area (Å²) in [5.41, 5.74) is 3.15. The second kappa shape index (κ2) is 11.1. The Morgan fingerprint density at radius 3 is 1.50 bits per heavy atom. The second-order valence-electron chi connectivity index (χ2n) is 8.59. The monoisotopic (exact) mass is 594 g/mol. The summed E-state index contributed by atoms with van der Waals surface area (Å²) in [5.74, 6) is 1.38. The fraction of sp³-hybridized carbons (Fsp3) is 0.480. The predicted molar refractivity (Wildman–Crippen MR) is 136 cm³/mol. The number of nitrogens with zero attached hydrogens (tertiary/aromatic N) is 2. The minimum absolute atomic E-state index is 0.000980. The number of benzene rings is 2. The van der Waals surface area contributed by atoms with Gasteiger partial charge in [0.05, 0.1) is 35.4 Å². The molecule has 34 heavy (non-hydrogen) atoms. The lowest BCUT2D eigenvalue weighted by Gasteiger charge is -2.26. The number of ketones is 1. The highest BCUT2D eigenvalue weighted by atomic mass is 79.9. The molecule has 0 atom stereocenters. The third-order valence-electron chi connectivity index (χ3n) is 6.46. The van der Waals surface area contributed by atoms with E-state index in [-0.39, 0.29) is 5.78 Å². The summed E-state index contributed by atoms with van der Waals surface area (Å²) in [6.07, 6.45) is 0. The molecule has 2 aromatic carbocycles. The molecule has 3 aliphatic rings. The van der Waals surface area contributed by atoms with Gasteiger partial charge >= 0.3 is 0 Å². The predicted octanol–water partition coefficient (Wildman–Crippen LogP) is 3.85. The summed E-state index contributed by atoms with van der Waals surface area (Å²) in [6, 6.07) is 7.67. The molecule has 1 aliphatic carbocycles. The van der Waals surface area contributed by atoms with Gasteiger partial charge in [-0.3, -0.25) is 14.6 Å². The normalized spacial score (nSPS) is 18.6. The molecule has 5 rings (SSSR count). The van der Waals surface area contributed by atoms with Gasteiger partial charge in [0.25, 0.3) is 0 Å². The SMILES string of the molecule is O=C1c2cc(OCCN3CCOCC3)c(Br)cc2-c2cc(Br)c(OCCN3CCOCC3)cc21. The maximum atomic E-state index is 13.3. The summed E-state index contributed by atoms with van der Waals surface area (Å²) in [5, 5.41) is 0. The maximum Gasteiger partial charge on any atom is 0.194 e. The number of ether oxygens (including phenoxy) is 4. The fourth-order valence-corrected chi connectivity index (χ4v) is 5.43. The van der Waals surface area contributed by atoms with E-state index in [2.05, 4.69) is 41.7 Å². The Morgan fingerprint density at radius 1 is 0.676 bits per heavy atom. The van der Waals surface area contributed by atoms with E-state index in [0.29, 0.717) is 35.8 Å². The summed E-state index contributed by atoms with van der Waals surface area (Å²) < 4.78 is 24.6. The molecule has 0 amide bonds. The Balaban J connectivity index is 1.26. The molecule has 0 unspecified atom stereocenters. The van der Waals surface area contributed by atoms with Crippen LogP contribution in [-0.2, 0) is 9.47 Å². The molecule has 0 radical (unpaired) electrons. The van der Waals surface area contributed by atoms with Gasteiger partial charge in [-0.15, -0.1) is 0 Å². The van der Waals surface area contributed by atoms with Crippen LogP contribution in [0.5, 0.6) is 11.5 Å².